The van der Waals surface area contributed by atoms with Crippen LogP contribution in [-0.4, -0.2) is 63.4 Å². The van der Waals surface area contributed by atoms with Crippen LogP contribution >= 0.6 is 0 Å². The zero-order valence-electron chi connectivity index (χ0n) is 19.5. The van der Waals surface area contributed by atoms with Gasteiger partial charge in [-0.2, -0.15) is 5.10 Å². The van der Waals surface area contributed by atoms with Crippen molar-refractivity contribution in [2.45, 2.75) is 13.3 Å². The van der Waals surface area contributed by atoms with E-state index in [0.29, 0.717) is 26.2 Å². The quantitative estimate of drug-likeness (QED) is 0.457. The number of pyridine rings is 1. The fourth-order valence-corrected chi connectivity index (χ4v) is 4.93. The maximum atomic E-state index is 13.3. The van der Waals surface area contributed by atoms with E-state index < -0.39 is 18.0 Å². The number of anilines is 1. The van der Waals surface area contributed by atoms with E-state index in [0.717, 1.165) is 38.9 Å². The lowest BCUT2D eigenvalue weighted by molar-refractivity contribution is 0.0734. The Balaban J connectivity index is 1.44. The molecule has 0 radical (unpaired) electrons. The Bertz CT molecular complexity index is 1400. The molecule has 4 heterocycles. The molecule has 1 amide bonds. The van der Waals surface area contributed by atoms with Crippen LogP contribution in [0.15, 0.2) is 30.6 Å². The average Bonchev–Trinajstić information content (AvgIpc) is 3.36. The van der Waals surface area contributed by atoms with E-state index in [1.165, 1.54) is 17.9 Å². The van der Waals surface area contributed by atoms with Crippen LogP contribution in [0.1, 0.15) is 28.2 Å². The molecule has 4 aromatic rings. The zero-order chi connectivity index (χ0) is 24.1. The minimum atomic E-state index is -2.79. The number of aromatic nitrogens is 4. The predicted molar refractivity (Wildman–Crippen MR) is 126 cm³/mol. The summed E-state index contributed by atoms with van der Waals surface area (Å²) in [6.07, 6.45) is 0.388. The second-order valence-corrected chi connectivity index (χ2v) is 8.57. The van der Waals surface area contributed by atoms with Gasteiger partial charge in [-0.3, -0.25) is 14.5 Å². The van der Waals surface area contributed by atoms with Gasteiger partial charge < -0.3 is 19.1 Å². The van der Waals surface area contributed by atoms with Crippen molar-refractivity contribution in [3.05, 3.63) is 47.5 Å². The number of fused-ring (bicyclic) bond motifs is 3. The van der Waals surface area contributed by atoms with E-state index in [4.69, 9.17) is 4.74 Å². The number of rotatable bonds is 4. The lowest BCUT2D eigenvalue weighted by atomic mass is 10.1. The predicted octanol–water partition coefficient (Wildman–Crippen LogP) is 3.68. The van der Waals surface area contributed by atoms with Crippen LogP contribution in [-0.2, 0) is 14.1 Å². The third-order valence-electron chi connectivity index (χ3n) is 6.59. The Morgan fingerprint density at radius 2 is 1.85 bits per heavy atom. The van der Waals surface area contributed by atoms with Crippen molar-refractivity contribution < 1.29 is 18.3 Å². The fourth-order valence-electron chi connectivity index (χ4n) is 4.93. The first-order chi connectivity index (χ1) is 16.3. The number of methoxy groups -OCH3 is 1. The van der Waals surface area contributed by atoms with Crippen LogP contribution in [0, 0.1) is 6.92 Å². The van der Waals surface area contributed by atoms with Crippen molar-refractivity contribution in [2.24, 2.45) is 14.1 Å². The summed E-state index contributed by atoms with van der Waals surface area (Å²) in [4.78, 5) is 21.2. The first-order valence-corrected chi connectivity index (χ1v) is 11.1. The van der Waals surface area contributed by atoms with Gasteiger partial charge in [-0.05, 0) is 19.1 Å². The zero-order valence-corrected chi connectivity index (χ0v) is 19.5. The summed E-state index contributed by atoms with van der Waals surface area (Å²) < 4.78 is 35.8. The molecule has 1 aromatic carbocycles. The van der Waals surface area contributed by atoms with Crippen LogP contribution in [0.2, 0.25) is 0 Å². The van der Waals surface area contributed by atoms with Gasteiger partial charge in [0.2, 0.25) is 0 Å². The number of ether oxygens (including phenoxy) is 1. The Labute approximate surface area is 195 Å². The van der Waals surface area contributed by atoms with Gasteiger partial charge in [0.25, 0.3) is 12.3 Å². The molecule has 1 fully saturated rings. The van der Waals surface area contributed by atoms with Crippen molar-refractivity contribution in [3.8, 4) is 5.75 Å². The summed E-state index contributed by atoms with van der Waals surface area (Å²) >= 11 is 0. The number of halogens is 2. The highest BCUT2D eigenvalue weighted by Gasteiger charge is 2.29. The summed E-state index contributed by atoms with van der Waals surface area (Å²) in [5, 5.41) is 5.99. The highest BCUT2D eigenvalue weighted by Crippen LogP contribution is 2.38. The number of carbonyl (C=O) groups excluding carboxylic acids is 1. The number of nitrogens with zero attached hydrogens (tertiary/aromatic N) is 6. The van der Waals surface area contributed by atoms with Crippen molar-refractivity contribution in [1.29, 1.82) is 0 Å². The van der Waals surface area contributed by atoms with E-state index in [1.54, 1.807) is 12.0 Å². The molecule has 10 heteroatoms. The number of alkyl halides is 2. The topological polar surface area (TPSA) is 68.4 Å². The standard InChI is InChI=1S/C24H26F2N6O2/c1-14-22-15(5-6-27-14)16-11-19(20(34-4)12-18(16)30(22)3)31-7-9-32(10-8-31)24(33)17-13-29(2)28-21(17)23(25)26/h5-6,11-13,23H,7-10H2,1-4H3. The Morgan fingerprint density at radius 3 is 2.53 bits per heavy atom. The van der Waals surface area contributed by atoms with Gasteiger partial charge in [-0.1, -0.05) is 0 Å². The number of amides is 1. The van der Waals surface area contributed by atoms with Crippen LogP contribution in [0.5, 0.6) is 5.75 Å². The maximum Gasteiger partial charge on any atom is 0.282 e. The highest BCUT2D eigenvalue weighted by atomic mass is 19.3. The molecule has 0 aliphatic carbocycles. The van der Waals surface area contributed by atoms with Gasteiger partial charge in [0, 0.05) is 69.5 Å². The Hall–Kier alpha value is -3.69. The Morgan fingerprint density at radius 1 is 1.12 bits per heavy atom. The molecule has 178 valence electrons. The molecule has 0 saturated carbocycles. The number of piperazine rings is 1. The maximum absolute atomic E-state index is 13.3. The number of benzene rings is 1. The molecule has 1 aliphatic rings. The summed E-state index contributed by atoms with van der Waals surface area (Å²) in [6.45, 7) is 3.94. The summed E-state index contributed by atoms with van der Waals surface area (Å²) in [7, 11) is 5.21. The van der Waals surface area contributed by atoms with Crippen molar-refractivity contribution >= 4 is 33.4 Å². The summed E-state index contributed by atoms with van der Waals surface area (Å²) in [5.74, 6) is 0.332. The third kappa shape index (κ3) is 3.44. The van der Waals surface area contributed by atoms with E-state index in [1.807, 2.05) is 32.3 Å². The van der Waals surface area contributed by atoms with Crippen LogP contribution in [0.4, 0.5) is 14.5 Å². The SMILES string of the molecule is COc1cc2c(cc1N1CCN(C(=O)c3cn(C)nc3C(F)F)CC1)c1ccnc(C)c1n2C. The molecule has 0 atom stereocenters. The van der Waals surface area contributed by atoms with Gasteiger partial charge in [0.1, 0.15) is 11.4 Å². The molecule has 0 unspecified atom stereocenters. The van der Waals surface area contributed by atoms with Gasteiger partial charge in [0.05, 0.1) is 35.1 Å². The van der Waals surface area contributed by atoms with Crippen LogP contribution in [0.25, 0.3) is 21.8 Å². The van der Waals surface area contributed by atoms with Crippen LogP contribution in [0.3, 0.4) is 0 Å². The molecule has 0 spiro atoms. The molecule has 0 bridgehead atoms. The number of hydrogen-bond acceptors (Lipinski definition) is 5. The summed E-state index contributed by atoms with van der Waals surface area (Å²) in [5.41, 5.74) is 3.53. The van der Waals surface area contributed by atoms with Crippen molar-refractivity contribution in [3.63, 3.8) is 0 Å². The lowest BCUT2D eigenvalue weighted by Gasteiger charge is -2.36. The number of hydrogen-bond donors (Lipinski definition) is 0. The second kappa shape index (κ2) is 8.27. The summed E-state index contributed by atoms with van der Waals surface area (Å²) in [6, 6.07) is 6.18. The van der Waals surface area contributed by atoms with Crippen LogP contribution < -0.4 is 9.64 Å². The van der Waals surface area contributed by atoms with Gasteiger partial charge >= 0.3 is 0 Å². The van der Waals surface area contributed by atoms with E-state index in [2.05, 4.69) is 25.6 Å². The largest absolute Gasteiger partial charge is 0.495 e. The number of aryl methyl sites for hydroxylation is 3. The normalized spacial score (nSPS) is 14.6. The Kier molecular flexibility index (Phi) is 5.38. The number of carbonyl (C=O) groups is 1. The molecular formula is C24H26F2N6O2. The molecule has 0 N–H and O–H groups in total. The smallest absolute Gasteiger partial charge is 0.282 e. The van der Waals surface area contributed by atoms with E-state index >= 15 is 0 Å². The highest BCUT2D eigenvalue weighted by molar-refractivity contribution is 6.10. The van der Waals surface area contributed by atoms with E-state index in [-0.39, 0.29) is 5.56 Å². The molecular weight excluding hydrogens is 442 g/mol. The van der Waals surface area contributed by atoms with Gasteiger partial charge in [0.15, 0.2) is 0 Å². The lowest BCUT2D eigenvalue weighted by Crippen LogP contribution is -2.49. The molecule has 1 saturated heterocycles. The van der Waals surface area contributed by atoms with Crippen molar-refractivity contribution in [1.82, 2.24) is 24.2 Å². The third-order valence-corrected chi connectivity index (χ3v) is 6.59. The molecule has 3 aromatic heterocycles. The molecule has 5 rings (SSSR count). The minimum absolute atomic E-state index is 0.0373. The average molecular weight is 469 g/mol. The minimum Gasteiger partial charge on any atom is -0.495 e. The van der Waals surface area contributed by atoms with Gasteiger partial charge in [-0.15, -0.1) is 0 Å². The monoisotopic (exact) mass is 468 g/mol. The molecule has 1 aliphatic heterocycles. The van der Waals surface area contributed by atoms with E-state index in [9.17, 15) is 13.6 Å². The second-order valence-electron chi connectivity index (χ2n) is 8.57. The van der Waals surface area contributed by atoms with Crippen molar-refractivity contribution in [2.75, 3.05) is 38.2 Å². The first kappa shape index (κ1) is 22.1. The molecule has 34 heavy (non-hydrogen) atoms. The molecule has 8 nitrogen and oxygen atoms in total. The fraction of sp³-hybridized carbons (Fsp3) is 0.375. The van der Waals surface area contributed by atoms with Gasteiger partial charge in [-0.25, -0.2) is 8.78 Å². The first-order valence-electron chi connectivity index (χ1n) is 11.1.